The molecule has 1 aromatic rings. The third-order valence-electron chi connectivity index (χ3n) is 2.28. The van der Waals surface area contributed by atoms with Crippen LogP contribution in [-0.4, -0.2) is 24.8 Å². The molecule has 0 saturated carbocycles. The van der Waals surface area contributed by atoms with E-state index >= 15 is 0 Å². The Balaban J connectivity index is 2.61. The van der Waals surface area contributed by atoms with E-state index < -0.39 is 17.5 Å². The first-order valence-electron chi connectivity index (χ1n) is 6.33. The van der Waals surface area contributed by atoms with E-state index in [1.165, 1.54) is 19.2 Å². The summed E-state index contributed by atoms with van der Waals surface area (Å²) >= 11 is 0. The van der Waals surface area contributed by atoms with Gasteiger partial charge in [-0.1, -0.05) is 6.07 Å². The van der Waals surface area contributed by atoms with E-state index in [-0.39, 0.29) is 18.3 Å². The topological polar surface area (TPSA) is 85.9 Å². The Morgan fingerprint density at radius 2 is 2.10 bits per heavy atom. The van der Waals surface area contributed by atoms with Crippen molar-refractivity contribution in [3.05, 3.63) is 29.6 Å². The standard InChI is InChI=1S/C14H20FN3O3/c1-14(2,3)21-13(19)18-12(16)17-8-9-5-6-10(15)11(7-9)20-4/h5-7H,8H2,1-4H3,(H3,16,17,18,19). The molecule has 1 aromatic carbocycles. The van der Waals surface area contributed by atoms with Crippen LogP contribution >= 0.6 is 0 Å². The molecule has 0 heterocycles. The molecule has 0 spiro atoms. The van der Waals surface area contributed by atoms with Gasteiger partial charge in [-0.3, -0.25) is 5.32 Å². The van der Waals surface area contributed by atoms with Gasteiger partial charge in [-0.2, -0.15) is 0 Å². The summed E-state index contributed by atoms with van der Waals surface area (Å²) in [5, 5.41) is 2.31. The molecule has 0 aliphatic heterocycles. The molecule has 0 aliphatic carbocycles. The number of carbonyl (C=O) groups is 1. The van der Waals surface area contributed by atoms with Crippen molar-refractivity contribution < 1.29 is 18.7 Å². The quantitative estimate of drug-likeness (QED) is 0.661. The number of rotatable bonds is 3. The molecule has 0 saturated heterocycles. The van der Waals surface area contributed by atoms with Crippen LogP contribution in [0.4, 0.5) is 9.18 Å². The van der Waals surface area contributed by atoms with Crippen LogP contribution in [0, 0.1) is 5.82 Å². The minimum absolute atomic E-state index is 0.0764. The van der Waals surface area contributed by atoms with Gasteiger partial charge in [-0.05, 0) is 38.5 Å². The summed E-state index contributed by atoms with van der Waals surface area (Å²) in [6, 6.07) is 4.35. The largest absolute Gasteiger partial charge is 0.494 e. The normalized spacial score (nSPS) is 12.0. The van der Waals surface area contributed by atoms with Crippen molar-refractivity contribution in [2.45, 2.75) is 32.9 Å². The Hall–Kier alpha value is -2.31. The van der Waals surface area contributed by atoms with E-state index in [2.05, 4.69) is 10.3 Å². The highest BCUT2D eigenvalue weighted by molar-refractivity contribution is 5.92. The lowest BCUT2D eigenvalue weighted by Crippen LogP contribution is -2.40. The number of benzene rings is 1. The Morgan fingerprint density at radius 1 is 1.43 bits per heavy atom. The Bertz CT molecular complexity index is 539. The van der Waals surface area contributed by atoms with Gasteiger partial charge >= 0.3 is 6.09 Å². The molecule has 0 atom stereocenters. The van der Waals surface area contributed by atoms with E-state index in [0.29, 0.717) is 5.56 Å². The van der Waals surface area contributed by atoms with Crippen molar-refractivity contribution in [2.24, 2.45) is 10.7 Å². The second-order valence-electron chi connectivity index (χ2n) is 5.30. The Labute approximate surface area is 123 Å². The minimum Gasteiger partial charge on any atom is -0.494 e. The highest BCUT2D eigenvalue weighted by atomic mass is 19.1. The molecule has 1 rings (SSSR count). The second kappa shape index (κ2) is 6.92. The number of halogens is 1. The number of aliphatic imine (C=N–C) groups is 1. The predicted octanol–water partition coefficient (Wildman–Crippen LogP) is 2.17. The molecule has 0 bridgehead atoms. The van der Waals surface area contributed by atoms with Gasteiger partial charge in [-0.25, -0.2) is 14.2 Å². The van der Waals surface area contributed by atoms with Crippen LogP contribution in [0.25, 0.3) is 0 Å². The molecule has 3 N–H and O–H groups in total. The molecule has 7 heteroatoms. The third kappa shape index (κ3) is 6.11. The summed E-state index contributed by atoms with van der Waals surface area (Å²) in [6.07, 6.45) is -0.680. The average Bonchev–Trinajstić information content (AvgIpc) is 2.35. The van der Waals surface area contributed by atoms with Crippen molar-refractivity contribution in [1.82, 2.24) is 5.32 Å². The van der Waals surface area contributed by atoms with Crippen molar-refractivity contribution in [1.29, 1.82) is 0 Å². The van der Waals surface area contributed by atoms with Crippen LogP contribution in [0.15, 0.2) is 23.2 Å². The van der Waals surface area contributed by atoms with Gasteiger partial charge < -0.3 is 15.2 Å². The lowest BCUT2D eigenvalue weighted by Gasteiger charge is -2.19. The van der Waals surface area contributed by atoms with Gasteiger partial charge in [0, 0.05) is 0 Å². The zero-order valence-electron chi connectivity index (χ0n) is 12.6. The van der Waals surface area contributed by atoms with E-state index in [0.717, 1.165) is 0 Å². The maximum atomic E-state index is 13.2. The van der Waals surface area contributed by atoms with Crippen molar-refractivity contribution in [2.75, 3.05) is 7.11 Å². The lowest BCUT2D eigenvalue weighted by atomic mass is 10.2. The monoisotopic (exact) mass is 297 g/mol. The van der Waals surface area contributed by atoms with Gasteiger partial charge in [0.15, 0.2) is 17.5 Å². The second-order valence-corrected chi connectivity index (χ2v) is 5.30. The summed E-state index contributed by atoms with van der Waals surface area (Å²) in [6.45, 7) is 5.40. The predicted molar refractivity (Wildman–Crippen MR) is 77.6 cm³/mol. The van der Waals surface area contributed by atoms with E-state index in [1.54, 1.807) is 26.8 Å². The van der Waals surface area contributed by atoms with Crippen LogP contribution in [0.5, 0.6) is 5.75 Å². The number of amides is 1. The minimum atomic E-state index is -0.680. The van der Waals surface area contributed by atoms with Crippen LogP contribution in [-0.2, 0) is 11.3 Å². The maximum Gasteiger partial charge on any atom is 0.414 e. The number of ether oxygens (including phenoxy) is 2. The van der Waals surface area contributed by atoms with Crippen LogP contribution < -0.4 is 15.8 Å². The third-order valence-corrected chi connectivity index (χ3v) is 2.28. The van der Waals surface area contributed by atoms with Crippen LogP contribution in [0.3, 0.4) is 0 Å². The van der Waals surface area contributed by atoms with Crippen LogP contribution in [0.2, 0.25) is 0 Å². The zero-order chi connectivity index (χ0) is 16.0. The average molecular weight is 297 g/mol. The number of hydrogen-bond acceptors (Lipinski definition) is 4. The number of nitrogens with zero attached hydrogens (tertiary/aromatic N) is 1. The molecule has 0 aromatic heterocycles. The fourth-order valence-electron chi connectivity index (χ4n) is 1.43. The van der Waals surface area contributed by atoms with E-state index in [1.807, 2.05) is 0 Å². The van der Waals surface area contributed by atoms with Gasteiger partial charge in [0.25, 0.3) is 0 Å². The number of carbonyl (C=O) groups excluding carboxylic acids is 1. The number of nitrogens with one attached hydrogen (secondary N) is 1. The van der Waals surface area contributed by atoms with Gasteiger partial charge in [0.1, 0.15) is 5.60 Å². The summed E-state index contributed by atoms with van der Waals surface area (Å²) in [7, 11) is 1.38. The molecule has 0 fully saturated rings. The van der Waals surface area contributed by atoms with E-state index in [4.69, 9.17) is 15.2 Å². The fraction of sp³-hybridized carbons (Fsp3) is 0.429. The summed E-state index contributed by atoms with van der Waals surface area (Å²) in [4.78, 5) is 15.4. The number of methoxy groups -OCH3 is 1. The first-order chi connectivity index (χ1) is 9.71. The molecule has 6 nitrogen and oxygen atoms in total. The molecular formula is C14H20FN3O3. The summed E-state index contributed by atoms with van der Waals surface area (Å²) in [5.74, 6) is -0.404. The molecular weight excluding hydrogens is 277 g/mol. The molecule has 116 valence electrons. The number of nitrogens with two attached hydrogens (primary N) is 1. The van der Waals surface area contributed by atoms with Crippen molar-refractivity contribution >= 4 is 12.1 Å². The van der Waals surface area contributed by atoms with Crippen molar-refractivity contribution in [3.8, 4) is 5.75 Å². The molecule has 0 unspecified atom stereocenters. The molecule has 0 radical (unpaired) electrons. The lowest BCUT2D eigenvalue weighted by molar-refractivity contribution is 0.0562. The van der Waals surface area contributed by atoms with Crippen molar-refractivity contribution in [3.63, 3.8) is 0 Å². The van der Waals surface area contributed by atoms with E-state index in [9.17, 15) is 9.18 Å². The summed E-state index contributed by atoms with van der Waals surface area (Å²) < 4.78 is 23.1. The number of guanidine groups is 1. The highest BCUT2D eigenvalue weighted by Crippen LogP contribution is 2.18. The first kappa shape index (κ1) is 16.7. The van der Waals surface area contributed by atoms with Gasteiger partial charge in [0.05, 0.1) is 13.7 Å². The Morgan fingerprint density at radius 3 is 2.67 bits per heavy atom. The zero-order valence-corrected chi connectivity index (χ0v) is 12.6. The first-order valence-corrected chi connectivity index (χ1v) is 6.33. The summed E-state index contributed by atoms with van der Waals surface area (Å²) in [5.41, 5.74) is 5.65. The Kier molecular flexibility index (Phi) is 5.52. The fourth-order valence-corrected chi connectivity index (χ4v) is 1.43. The molecule has 0 aliphatic rings. The molecule has 21 heavy (non-hydrogen) atoms. The van der Waals surface area contributed by atoms with Gasteiger partial charge in [0.2, 0.25) is 0 Å². The smallest absolute Gasteiger partial charge is 0.414 e. The SMILES string of the molecule is COc1cc(CN=C(N)NC(=O)OC(C)(C)C)ccc1F. The van der Waals surface area contributed by atoms with Crippen LogP contribution in [0.1, 0.15) is 26.3 Å². The van der Waals surface area contributed by atoms with Gasteiger partial charge in [-0.15, -0.1) is 0 Å². The highest BCUT2D eigenvalue weighted by Gasteiger charge is 2.16. The maximum absolute atomic E-state index is 13.2. The molecule has 1 amide bonds. The number of alkyl carbamates (subject to hydrolysis) is 1. The number of hydrogen-bond donors (Lipinski definition) is 2.